The minimum atomic E-state index is -0.836. The van der Waals surface area contributed by atoms with Gasteiger partial charge in [-0.05, 0) is 6.92 Å². The van der Waals surface area contributed by atoms with Crippen molar-refractivity contribution in [1.82, 2.24) is 9.97 Å². The SMILES string of the molecule is CCOC(=O)Cc1nc(N)nc(N)c1F. The summed E-state index contributed by atoms with van der Waals surface area (Å²) in [6.07, 6.45) is -0.309. The standard InChI is InChI=1S/C8H11FN4O2/c1-2-15-5(14)3-4-6(9)7(10)13-8(11)12-4/h2-3H2,1H3,(H4,10,11,12,13). The predicted molar refractivity (Wildman–Crippen MR) is 51.2 cm³/mol. The summed E-state index contributed by atoms with van der Waals surface area (Å²) in [6.45, 7) is 1.87. The molecule has 0 bridgehead atoms. The van der Waals surface area contributed by atoms with E-state index in [2.05, 4.69) is 14.7 Å². The molecule has 1 aromatic rings. The summed E-state index contributed by atoms with van der Waals surface area (Å²) < 4.78 is 17.9. The highest BCUT2D eigenvalue weighted by Gasteiger charge is 2.14. The molecule has 1 rings (SSSR count). The molecule has 0 aromatic carbocycles. The number of carbonyl (C=O) groups excluding carboxylic acids is 1. The minimum absolute atomic E-state index is 0.154. The Balaban J connectivity index is 2.89. The average molecular weight is 214 g/mol. The van der Waals surface area contributed by atoms with Crippen molar-refractivity contribution in [2.75, 3.05) is 18.1 Å². The zero-order valence-electron chi connectivity index (χ0n) is 8.16. The van der Waals surface area contributed by atoms with Crippen molar-refractivity contribution in [1.29, 1.82) is 0 Å². The maximum absolute atomic E-state index is 13.3. The zero-order chi connectivity index (χ0) is 11.4. The highest BCUT2D eigenvalue weighted by Crippen LogP contribution is 2.13. The summed E-state index contributed by atoms with van der Waals surface area (Å²) in [5.41, 5.74) is 10.3. The molecule has 0 amide bonds. The molecule has 0 fully saturated rings. The maximum Gasteiger partial charge on any atom is 0.311 e. The summed E-state index contributed by atoms with van der Waals surface area (Å²) in [7, 11) is 0. The predicted octanol–water partition coefficient (Wildman–Crippen LogP) is -0.114. The number of carbonyl (C=O) groups is 1. The number of anilines is 2. The van der Waals surface area contributed by atoms with E-state index >= 15 is 0 Å². The van der Waals surface area contributed by atoms with Gasteiger partial charge in [0.15, 0.2) is 11.6 Å². The van der Waals surface area contributed by atoms with Crippen molar-refractivity contribution in [2.24, 2.45) is 0 Å². The van der Waals surface area contributed by atoms with Gasteiger partial charge in [-0.2, -0.15) is 4.98 Å². The van der Waals surface area contributed by atoms with Gasteiger partial charge in [0.2, 0.25) is 5.95 Å². The first kappa shape index (κ1) is 11.2. The molecule has 1 aromatic heterocycles. The molecule has 0 saturated heterocycles. The van der Waals surface area contributed by atoms with Gasteiger partial charge in [-0.3, -0.25) is 4.79 Å². The Labute approximate surface area is 85.5 Å². The van der Waals surface area contributed by atoms with E-state index in [0.29, 0.717) is 0 Å². The Morgan fingerprint density at radius 3 is 2.73 bits per heavy atom. The topological polar surface area (TPSA) is 104 Å². The smallest absolute Gasteiger partial charge is 0.311 e. The van der Waals surface area contributed by atoms with Crippen LogP contribution >= 0.6 is 0 Å². The number of nitrogens with zero attached hydrogens (tertiary/aromatic N) is 2. The summed E-state index contributed by atoms with van der Waals surface area (Å²) in [4.78, 5) is 18.0. The van der Waals surface area contributed by atoms with Crippen LogP contribution in [0, 0.1) is 5.82 Å². The Hall–Kier alpha value is -1.92. The lowest BCUT2D eigenvalue weighted by atomic mass is 10.3. The van der Waals surface area contributed by atoms with Gasteiger partial charge in [-0.25, -0.2) is 9.37 Å². The Morgan fingerprint density at radius 1 is 1.47 bits per heavy atom. The minimum Gasteiger partial charge on any atom is -0.466 e. The lowest BCUT2D eigenvalue weighted by Crippen LogP contribution is -2.13. The van der Waals surface area contributed by atoms with Crippen molar-refractivity contribution in [2.45, 2.75) is 13.3 Å². The van der Waals surface area contributed by atoms with E-state index in [1.807, 2.05) is 0 Å². The van der Waals surface area contributed by atoms with Gasteiger partial charge in [0, 0.05) is 0 Å². The zero-order valence-corrected chi connectivity index (χ0v) is 8.16. The van der Waals surface area contributed by atoms with E-state index in [9.17, 15) is 9.18 Å². The second kappa shape index (κ2) is 4.54. The molecule has 0 atom stereocenters. The molecule has 6 nitrogen and oxygen atoms in total. The molecule has 15 heavy (non-hydrogen) atoms. The van der Waals surface area contributed by atoms with Crippen molar-refractivity contribution in [3.05, 3.63) is 11.5 Å². The van der Waals surface area contributed by atoms with E-state index < -0.39 is 11.8 Å². The third-order valence-corrected chi connectivity index (χ3v) is 1.58. The van der Waals surface area contributed by atoms with Crippen LogP contribution < -0.4 is 11.5 Å². The molecule has 0 aliphatic heterocycles. The largest absolute Gasteiger partial charge is 0.466 e. The van der Waals surface area contributed by atoms with Crippen LogP contribution in [0.3, 0.4) is 0 Å². The number of aromatic nitrogens is 2. The Morgan fingerprint density at radius 2 is 2.13 bits per heavy atom. The normalized spacial score (nSPS) is 10.0. The summed E-state index contributed by atoms with van der Waals surface area (Å²) in [5, 5.41) is 0. The number of rotatable bonds is 3. The second-order valence-corrected chi connectivity index (χ2v) is 2.71. The van der Waals surface area contributed by atoms with Crippen LogP contribution in [0.1, 0.15) is 12.6 Å². The third kappa shape index (κ3) is 2.76. The number of halogens is 1. The van der Waals surface area contributed by atoms with E-state index in [0.717, 1.165) is 0 Å². The molecule has 0 radical (unpaired) electrons. The number of esters is 1. The maximum atomic E-state index is 13.3. The highest BCUT2D eigenvalue weighted by molar-refractivity contribution is 5.72. The number of nitrogens with two attached hydrogens (primary N) is 2. The van der Waals surface area contributed by atoms with Gasteiger partial charge in [0.25, 0.3) is 0 Å². The molecule has 4 N–H and O–H groups in total. The number of hydrogen-bond acceptors (Lipinski definition) is 6. The summed E-state index contributed by atoms with van der Waals surface area (Å²) >= 11 is 0. The lowest BCUT2D eigenvalue weighted by molar-refractivity contribution is -0.142. The molecule has 0 aliphatic rings. The Bertz CT molecular complexity index is 383. The van der Waals surface area contributed by atoms with E-state index in [1.165, 1.54) is 0 Å². The van der Waals surface area contributed by atoms with Crippen molar-refractivity contribution in [3.8, 4) is 0 Å². The van der Waals surface area contributed by atoms with Crippen LogP contribution in [0.2, 0.25) is 0 Å². The highest BCUT2D eigenvalue weighted by atomic mass is 19.1. The van der Waals surface area contributed by atoms with Crippen LogP contribution in [0.4, 0.5) is 16.2 Å². The van der Waals surface area contributed by atoms with Crippen molar-refractivity contribution >= 4 is 17.7 Å². The van der Waals surface area contributed by atoms with Crippen molar-refractivity contribution in [3.63, 3.8) is 0 Å². The lowest BCUT2D eigenvalue weighted by Gasteiger charge is -2.04. The number of hydrogen-bond donors (Lipinski definition) is 2. The average Bonchev–Trinajstić information content (AvgIpc) is 2.13. The molecule has 0 saturated carbocycles. The van der Waals surface area contributed by atoms with E-state index in [1.54, 1.807) is 6.92 Å². The quantitative estimate of drug-likeness (QED) is 0.680. The molecular weight excluding hydrogens is 203 g/mol. The van der Waals surface area contributed by atoms with Gasteiger partial charge in [-0.15, -0.1) is 0 Å². The van der Waals surface area contributed by atoms with Crippen molar-refractivity contribution < 1.29 is 13.9 Å². The fraction of sp³-hybridized carbons (Fsp3) is 0.375. The second-order valence-electron chi connectivity index (χ2n) is 2.71. The van der Waals surface area contributed by atoms with E-state index in [-0.39, 0.29) is 30.5 Å². The first-order chi connectivity index (χ1) is 7.04. The summed E-state index contributed by atoms with van der Waals surface area (Å²) in [6, 6.07) is 0. The molecular formula is C8H11FN4O2. The first-order valence-electron chi connectivity index (χ1n) is 4.27. The van der Waals surface area contributed by atoms with Gasteiger partial charge >= 0.3 is 5.97 Å². The van der Waals surface area contributed by atoms with E-state index in [4.69, 9.17) is 11.5 Å². The Kier molecular flexibility index (Phi) is 3.37. The molecule has 0 unspecified atom stereocenters. The van der Waals surface area contributed by atoms with Crippen LogP contribution in [-0.4, -0.2) is 22.5 Å². The van der Waals surface area contributed by atoms with Gasteiger partial charge in [-0.1, -0.05) is 0 Å². The third-order valence-electron chi connectivity index (χ3n) is 1.58. The number of nitrogen functional groups attached to an aromatic ring is 2. The molecule has 0 aliphatic carbocycles. The monoisotopic (exact) mass is 214 g/mol. The van der Waals surface area contributed by atoms with Crippen LogP contribution in [0.25, 0.3) is 0 Å². The molecule has 82 valence electrons. The van der Waals surface area contributed by atoms with Gasteiger partial charge in [0.1, 0.15) is 0 Å². The summed E-state index contributed by atoms with van der Waals surface area (Å²) in [5.74, 6) is -1.97. The number of ether oxygens (including phenoxy) is 1. The van der Waals surface area contributed by atoms with Crippen LogP contribution in [0.5, 0.6) is 0 Å². The molecule has 0 spiro atoms. The fourth-order valence-corrected chi connectivity index (χ4v) is 0.999. The molecule has 7 heteroatoms. The van der Waals surface area contributed by atoms with Gasteiger partial charge in [0.05, 0.1) is 18.7 Å². The van der Waals surface area contributed by atoms with Gasteiger partial charge < -0.3 is 16.2 Å². The van der Waals surface area contributed by atoms with Crippen LogP contribution in [0.15, 0.2) is 0 Å². The fourth-order valence-electron chi connectivity index (χ4n) is 0.999. The first-order valence-corrected chi connectivity index (χ1v) is 4.27. The van der Waals surface area contributed by atoms with Crippen LogP contribution in [-0.2, 0) is 16.0 Å². The molecule has 1 heterocycles.